The molecule has 7 heteroatoms. The molecule has 0 aliphatic heterocycles. The van der Waals surface area contributed by atoms with Crippen molar-refractivity contribution in [3.63, 3.8) is 0 Å². The predicted molar refractivity (Wildman–Crippen MR) is 77.6 cm³/mol. The van der Waals surface area contributed by atoms with E-state index in [9.17, 15) is 13.2 Å². The van der Waals surface area contributed by atoms with Gasteiger partial charge in [-0.1, -0.05) is 6.58 Å². The van der Waals surface area contributed by atoms with Crippen LogP contribution in [0.4, 0.5) is 0 Å². The van der Waals surface area contributed by atoms with Crippen molar-refractivity contribution in [2.45, 2.75) is 40.2 Å². The Morgan fingerprint density at radius 3 is 2.20 bits per heavy atom. The van der Waals surface area contributed by atoms with E-state index in [1.165, 1.54) is 0 Å². The molecule has 1 N–H and O–H groups in total. The Morgan fingerprint density at radius 1 is 1.35 bits per heavy atom. The molecule has 20 heavy (non-hydrogen) atoms. The van der Waals surface area contributed by atoms with Crippen LogP contribution in [0.2, 0.25) is 0 Å². The van der Waals surface area contributed by atoms with Crippen molar-refractivity contribution in [3.8, 4) is 0 Å². The van der Waals surface area contributed by atoms with Gasteiger partial charge in [-0.05, 0) is 27.7 Å². The Hall–Kier alpha value is -0.920. The molecule has 0 bridgehead atoms. The smallest absolute Gasteiger partial charge is 0.337 e. The SMILES string of the molecule is C=C(C)C(=O)OC[N+](CC)(CC)C(C)CCS(=O)(=O)O. The molecule has 0 heterocycles. The van der Waals surface area contributed by atoms with E-state index in [1.54, 1.807) is 6.92 Å². The Kier molecular flexibility index (Phi) is 7.40. The van der Waals surface area contributed by atoms with Gasteiger partial charge >= 0.3 is 5.97 Å². The van der Waals surface area contributed by atoms with Gasteiger partial charge in [0.15, 0.2) is 0 Å². The molecular weight excluding hydrogens is 282 g/mol. The van der Waals surface area contributed by atoms with Crippen molar-refractivity contribution < 1.29 is 27.0 Å². The van der Waals surface area contributed by atoms with Gasteiger partial charge in [0.2, 0.25) is 6.73 Å². The van der Waals surface area contributed by atoms with E-state index in [0.717, 1.165) is 0 Å². The number of carbonyl (C=O) groups excluding carboxylic acids is 1. The van der Waals surface area contributed by atoms with Gasteiger partial charge < -0.3 is 4.74 Å². The minimum atomic E-state index is -3.97. The molecule has 0 amide bonds. The zero-order valence-electron chi connectivity index (χ0n) is 12.8. The van der Waals surface area contributed by atoms with Crippen molar-refractivity contribution in [1.29, 1.82) is 0 Å². The maximum Gasteiger partial charge on any atom is 0.337 e. The second-order valence-electron chi connectivity index (χ2n) is 5.12. The maximum atomic E-state index is 11.5. The van der Waals surface area contributed by atoms with Crippen molar-refractivity contribution in [2.75, 3.05) is 25.6 Å². The third kappa shape index (κ3) is 6.02. The van der Waals surface area contributed by atoms with Crippen LogP contribution in [0.5, 0.6) is 0 Å². The molecule has 118 valence electrons. The van der Waals surface area contributed by atoms with Crippen molar-refractivity contribution >= 4 is 16.1 Å². The quantitative estimate of drug-likeness (QED) is 0.230. The van der Waals surface area contributed by atoms with E-state index in [1.807, 2.05) is 20.8 Å². The number of esters is 1. The van der Waals surface area contributed by atoms with Crippen LogP contribution in [0.3, 0.4) is 0 Å². The van der Waals surface area contributed by atoms with Gasteiger partial charge in [-0.2, -0.15) is 8.42 Å². The zero-order valence-corrected chi connectivity index (χ0v) is 13.6. The zero-order chi connectivity index (χ0) is 16.0. The molecule has 6 nitrogen and oxygen atoms in total. The number of ether oxygens (including phenoxy) is 1. The maximum absolute atomic E-state index is 11.5. The van der Waals surface area contributed by atoms with Gasteiger partial charge in [0.05, 0.1) is 24.9 Å². The molecule has 1 atom stereocenters. The molecule has 0 radical (unpaired) electrons. The van der Waals surface area contributed by atoms with E-state index in [4.69, 9.17) is 9.29 Å². The largest absolute Gasteiger partial charge is 0.412 e. The number of nitrogens with zero attached hydrogens (tertiary/aromatic N) is 1. The predicted octanol–water partition coefficient (Wildman–Crippen LogP) is 1.59. The number of carbonyl (C=O) groups is 1. The Balaban J connectivity index is 4.81. The molecule has 0 saturated carbocycles. The molecule has 0 aliphatic rings. The lowest BCUT2D eigenvalue weighted by molar-refractivity contribution is -0.961. The summed E-state index contributed by atoms with van der Waals surface area (Å²) >= 11 is 0. The molecule has 0 aromatic heterocycles. The van der Waals surface area contributed by atoms with Gasteiger partial charge in [-0.25, -0.2) is 4.79 Å². The molecule has 0 aliphatic carbocycles. The summed E-state index contributed by atoms with van der Waals surface area (Å²) in [5.74, 6) is -0.737. The average Bonchev–Trinajstić information content (AvgIpc) is 2.36. The summed E-state index contributed by atoms with van der Waals surface area (Å²) in [7, 11) is -3.97. The van der Waals surface area contributed by atoms with E-state index in [0.29, 0.717) is 29.6 Å². The van der Waals surface area contributed by atoms with Crippen LogP contribution in [-0.2, 0) is 19.6 Å². The minimum Gasteiger partial charge on any atom is -0.412 e. The van der Waals surface area contributed by atoms with Crippen LogP contribution < -0.4 is 0 Å². The summed E-state index contributed by atoms with van der Waals surface area (Å²) < 4.78 is 36.2. The average molecular weight is 308 g/mol. The number of quaternary nitrogens is 1. The summed E-state index contributed by atoms with van der Waals surface area (Å²) in [6.07, 6.45) is 0.311. The van der Waals surface area contributed by atoms with Crippen molar-refractivity contribution in [3.05, 3.63) is 12.2 Å². The van der Waals surface area contributed by atoms with Gasteiger partial charge in [-0.3, -0.25) is 9.04 Å². The second kappa shape index (κ2) is 7.75. The first kappa shape index (κ1) is 19.1. The molecule has 0 rings (SSSR count). The Morgan fingerprint density at radius 2 is 1.85 bits per heavy atom. The lowest BCUT2D eigenvalue weighted by atomic mass is 10.1. The van der Waals surface area contributed by atoms with Crippen LogP contribution in [0, 0.1) is 0 Å². The first-order valence-corrected chi connectivity index (χ1v) is 8.32. The first-order valence-electron chi connectivity index (χ1n) is 6.71. The molecule has 0 fully saturated rings. The number of hydrogen-bond donors (Lipinski definition) is 1. The lowest BCUT2D eigenvalue weighted by Gasteiger charge is -2.41. The summed E-state index contributed by atoms with van der Waals surface area (Å²) in [6, 6.07) is -0.0511. The monoisotopic (exact) mass is 308 g/mol. The molecule has 0 aromatic rings. The normalized spacial score (nSPS) is 13.8. The van der Waals surface area contributed by atoms with Gasteiger partial charge in [0, 0.05) is 12.0 Å². The fraction of sp³-hybridized carbons (Fsp3) is 0.769. The molecule has 0 saturated heterocycles. The van der Waals surface area contributed by atoms with E-state index in [2.05, 4.69) is 6.58 Å². The highest BCUT2D eigenvalue weighted by Crippen LogP contribution is 2.18. The summed E-state index contributed by atoms with van der Waals surface area (Å²) in [5, 5.41) is 0. The molecule has 0 aromatic carbocycles. The molecule has 0 spiro atoms. The van der Waals surface area contributed by atoms with Crippen LogP contribution in [-0.4, -0.2) is 55.0 Å². The van der Waals surface area contributed by atoms with Crippen LogP contribution in [0.25, 0.3) is 0 Å². The van der Waals surface area contributed by atoms with Crippen molar-refractivity contribution in [1.82, 2.24) is 0 Å². The van der Waals surface area contributed by atoms with E-state index in [-0.39, 0.29) is 18.5 Å². The summed E-state index contributed by atoms with van der Waals surface area (Å²) in [5.41, 5.74) is 0.334. The summed E-state index contributed by atoms with van der Waals surface area (Å²) in [6.45, 7) is 12.5. The third-order valence-electron chi connectivity index (χ3n) is 3.79. The Labute approximate surface area is 121 Å². The number of hydrogen-bond acceptors (Lipinski definition) is 4. The minimum absolute atomic E-state index is 0.0511. The highest BCUT2D eigenvalue weighted by Gasteiger charge is 2.32. The number of rotatable bonds is 9. The van der Waals surface area contributed by atoms with Crippen molar-refractivity contribution in [2.24, 2.45) is 0 Å². The van der Waals surface area contributed by atoms with Crippen LogP contribution in [0.15, 0.2) is 12.2 Å². The molecular formula is C13H26NO5S+. The highest BCUT2D eigenvalue weighted by molar-refractivity contribution is 7.85. The third-order valence-corrected chi connectivity index (χ3v) is 4.54. The summed E-state index contributed by atoms with van der Waals surface area (Å²) in [4.78, 5) is 11.5. The van der Waals surface area contributed by atoms with E-state index < -0.39 is 16.1 Å². The fourth-order valence-corrected chi connectivity index (χ4v) is 2.70. The highest BCUT2D eigenvalue weighted by atomic mass is 32.2. The van der Waals surface area contributed by atoms with Crippen LogP contribution >= 0.6 is 0 Å². The topological polar surface area (TPSA) is 80.7 Å². The van der Waals surface area contributed by atoms with Gasteiger partial charge in [0.25, 0.3) is 10.1 Å². The van der Waals surface area contributed by atoms with Gasteiger partial charge in [0.1, 0.15) is 0 Å². The molecule has 1 unspecified atom stereocenters. The van der Waals surface area contributed by atoms with Gasteiger partial charge in [-0.15, -0.1) is 0 Å². The first-order chi connectivity index (χ1) is 9.08. The second-order valence-corrected chi connectivity index (χ2v) is 6.69. The standard InChI is InChI=1S/C13H25NO5S/c1-6-14(7-2,10-19-13(15)11(3)4)12(5)8-9-20(16,17)18/h12H,3,6-10H2,1-2,4-5H3/p+1. The lowest BCUT2D eigenvalue weighted by Crippen LogP contribution is -2.56. The van der Waals surface area contributed by atoms with Crippen LogP contribution in [0.1, 0.15) is 34.1 Å². The van der Waals surface area contributed by atoms with E-state index >= 15 is 0 Å². The fourth-order valence-electron chi connectivity index (χ4n) is 2.06. The Bertz CT molecular complexity index is 440.